The van der Waals surface area contributed by atoms with E-state index in [9.17, 15) is 4.79 Å². The Bertz CT molecular complexity index is 960. The summed E-state index contributed by atoms with van der Waals surface area (Å²) in [6.45, 7) is 5.88. The van der Waals surface area contributed by atoms with Crippen LogP contribution in [-0.4, -0.2) is 38.8 Å². The molecule has 0 saturated carbocycles. The zero-order valence-electron chi connectivity index (χ0n) is 16.8. The molecule has 150 valence electrons. The number of quaternary nitrogens is 1. The summed E-state index contributed by atoms with van der Waals surface area (Å²) in [5, 5.41) is 7.56. The molecule has 0 bridgehead atoms. The van der Waals surface area contributed by atoms with Gasteiger partial charge in [-0.1, -0.05) is 42.5 Å². The van der Waals surface area contributed by atoms with E-state index in [1.54, 1.807) is 0 Å². The predicted molar refractivity (Wildman–Crippen MR) is 117 cm³/mol. The Morgan fingerprint density at radius 3 is 2.55 bits per heavy atom. The molecule has 1 heterocycles. The van der Waals surface area contributed by atoms with Crippen molar-refractivity contribution in [3.05, 3.63) is 72.3 Å². The van der Waals surface area contributed by atoms with Gasteiger partial charge in [0.05, 0.1) is 13.2 Å². The summed E-state index contributed by atoms with van der Waals surface area (Å²) in [5.74, 6) is 0.0104. The second kappa shape index (κ2) is 9.07. The van der Waals surface area contributed by atoms with Crippen LogP contribution in [0.2, 0.25) is 0 Å². The number of benzene rings is 3. The highest BCUT2D eigenvalue weighted by molar-refractivity contribution is 5.91. The van der Waals surface area contributed by atoms with Gasteiger partial charge in [-0.2, -0.15) is 0 Å². The van der Waals surface area contributed by atoms with Crippen molar-refractivity contribution < 1.29 is 14.8 Å². The second-order valence-electron chi connectivity index (χ2n) is 7.49. The molecule has 1 aliphatic rings. The van der Waals surface area contributed by atoms with Crippen molar-refractivity contribution in [3.63, 3.8) is 0 Å². The van der Waals surface area contributed by atoms with E-state index in [-0.39, 0.29) is 11.9 Å². The molecule has 1 amide bonds. The molecule has 0 radical (unpaired) electrons. The van der Waals surface area contributed by atoms with Crippen LogP contribution in [0.25, 0.3) is 10.8 Å². The maximum absolute atomic E-state index is 12.4. The number of ether oxygens (including phenoxy) is 1. The fourth-order valence-electron chi connectivity index (χ4n) is 3.85. The lowest BCUT2D eigenvalue weighted by Crippen LogP contribution is -2.86. The maximum Gasteiger partial charge on any atom is 0.279 e. The predicted octanol–water partition coefficient (Wildman–Crippen LogP) is 2.94. The third-order valence-electron chi connectivity index (χ3n) is 5.50. The van der Waals surface area contributed by atoms with Crippen LogP contribution in [0.4, 0.5) is 11.4 Å². The van der Waals surface area contributed by atoms with Crippen LogP contribution in [0.3, 0.4) is 0 Å². The third-order valence-corrected chi connectivity index (χ3v) is 5.50. The lowest BCUT2D eigenvalue weighted by Gasteiger charge is -2.28. The van der Waals surface area contributed by atoms with E-state index in [0.717, 1.165) is 32.0 Å². The number of fused-ring (bicyclic) bond motifs is 1. The van der Waals surface area contributed by atoms with Gasteiger partial charge in [-0.05, 0) is 42.0 Å². The van der Waals surface area contributed by atoms with Gasteiger partial charge >= 0.3 is 0 Å². The highest BCUT2D eigenvalue weighted by Gasteiger charge is 2.15. The Hall–Kier alpha value is -2.89. The van der Waals surface area contributed by atoms with Gasteiger partial charge in [0.15, 0.2) is 6.54 Å². The zero-order valence-corrected chi connectivity index (χ0v) is 16.8. The Morgan fingerprint density at radius 2 is 1.76 bits per heavy atom. The van der Waals surface area contributed by atoms with E-state index in [2.05, 4.69) is 77.1 Å². The number of nitrogens with two attached hydrogens (primary N) is 1. The average Bonchev–Trinajstić information content (AvgIpc) is 2.78. The standard InChI is InChI=1S/C24H27N3O2/c1-18(22-8-4-6-19-5-2-3-7-23(19)22)25-17-24(28)26-20-9-11-21(12-10-20)27-13-15-29-16-14-27/h2-12,18,25H,13-17H2,1H3,(H,26,28)/p+1/t18-/m1/s1. The SMILES string of the molecule is C[C@@H]([NH2+]CC(=O)Nc1ccc(N2CCOCC2)cc1)c1cccc2ccccc12. The summed E-state index contributed by atoms with van der Waals surface area (Å²) < 4.78 is 5.40. The summed E-state index contributed by atoms with van der Waals surface area (Å²) in [7, 11) is 0. The van der Waals surface area contributed by atoms with Gasteiger partial charge in [0.1, 0.15) is 6.04 Å². The molecule has 5 heteroatoms. The molecule has 0 unspecified atom stereocenters. The third kappa shape index (κ3) is 4.75. The molecule has 1 atom stereocenters. The minimum absolute atomic E-state index is 0.0104. The monoisotopic (exact) mass is 390 g/mol. The first-order chi connectivity index (χ1) is 14.2. The number of hydrogen-bond acceptors (Lipinski definition) is 3. The maximum atomic E-state index is 12.4. The van der Waals surface area contributed by atoms with Gasteiger partial charge in [-0.25, -0.2) is 0 Å². The molecular formula is C24H28N3O2+. The minimum Gasteiger partial charge on any atom is -0.378 e. The fraction of sp³-hybridized carbons (Fsp3) is 0.292. The van der Waals surface area contributed by atoms with E-state index in [4.69, 9.17) is 4.74 Å². The summed E-state index contributed by atoms with van der Waals surface area (Å²) in [4.78, 5) is 14.7. The number of carbonyl (C=O) groups excluding carboxylic acids is 1. The van der Waals surface area contributed by atoms with E-state index < -0.39 is 0 Å². The molecule has 1 saturated heterocycles. The fourth-order valence-corrected chi connectivity index (χ4v) is 3.85. The van der Waals surface area contributed by atoms with Crippen LogP contribution in [0, 0.1) is 0 Å². The Balaban J connectivity index is 1.32. The highest BCUT2D eigenvalue weighted by Crippen LogP contribution is 2.22. The number of nitrogens with zero attached hydrogens (tertiary/aromatic N) is 1. The summed E-state index contributed by atoms with van der Waals surface area (Å²) in [6, 6.07) is 23.0. The van der Waals surface area contributed by atoms with Crippen molar-refractivity contribution in [2.75, 3.05) is 43.1 Å². The first kappa shape index (κ1) is 19.4. The van der Waals surface area contributed by atoms with Gasteiger partial charge in [-0.3, -0.25) is 4.79 Å². The second-order valence-corrected chi connectivity index (χ2v) is 7.49. The first-order valence-corrected chi connectivity index (χ1v) is 10.2. The molecule has 5 nitrogen and oxygen atoms in total. The molecule has 1 fully saturated rings. The van der Waals surface area contributed by atoms with Gasteiger partial charge in [0.2, 0.25) is 0 Å². The Kier molecular flexibility index (Phi) is 6.08. The van der Waals surface area contributed by atoms with Crippen LogP contribution in [0.1, 0.15) is 18.5 Å². The lowest BCUT2D eigenvalue weighted by molar-refractivity contribution is -0.682. The molecule has 3 aromatic carbocycles. The first-order valence-electron chi connectivity index (χ1n) is 10.2. The number of hydrogen-bond donors (Lipinski definition) is 2. The van der Waals surface area contributed by atoms with Crippen molar-refractivity contribution in [2.45, 2.75) is 13.0 Å². The molecule has 0 aliphatic carbocycles. The van der Waals surface area contributed by atoms with Crippen LogP contribution in [0.15, 0.2) is 66.7 Å². The topological polar surface area (TPSA) is 58.2 Å². The van der Waals surface area contributed by atoms with Crippen LogP contribution in [0.5, 0.6) is 0 Å². The van der Waals surface area contributed by atoms with Crippen molar-refractivity contribution in [3.8, 4) is 0 Å². The van der Waals surface area contributed by atoms with Crippen LogP contribution >= 0.6 is 0 Å². The lowest BCUT2D eigenvalue weighted by atomic mass is 10.00. The summed E-state index contributed by atoms with van der Waals surface area (Å²) in [5.41, 5.74) is 3.26. The van der Waals surface area contributed by atoms with E-state index in [1.165, 1.54) is 22.0 Å². The van der Waals surface area contributed by atoms with Crippen molar-refractivity contribution in [1.29, 1.82) is 0 Å². The van der Waals surface area contributed by atoms with Gasteiger partial charge in [0.25, 0.3) is 5.91 Å². The smallest absolute Gasteiger partial charge is 0.279 e. The average molecular weight is 391 g/mol. The molecule has 3 aromatic rings. The molecule has 29 heavy (non-hydrogen) atoms. The van der Waals surface area contributed by atoms with Gasteiger partial charge < -0.3 is 20.3 Å². The molecule has 0 spiro atoms. The number of nitrogens with one attached hydrogen (secondary N) is 1. The minimum atomic E-state index is 0.0104. The number of rotatable bonds is 6. The molecule has 4 rings (SSSR count). The molecule has 3 N–H and O–H groups in total. The van der Waals surface area contributed by atoms with E-state index >= 15 is 0 Å². The quantitative estimate of drug-likeness (QED) is 0.680. The molecule has 0 aromatic heterocycles. The normalized spacial score (nSPS) is 15.3. The number of amides is 1. The van der Waals surface area contributed by atoms with Gasteiger partial charge in [0, 0.05) is 30.0 Å². The van der Waals surface area contributed by atoms with Gasteiger partial charge in [-0.15, -0.1) is 0 Å². The van der Waals surface area contributed by atoms with Crippen LogP contribution < -0.4 is 15.5 Å². The van der Waals surface area contributed by atoms with Crippen LogP contribution in [-0.2, 0) is 9.53 Å². The Morgan fingerprint density at radius 1 is 1.03 bits per heavy atom. The van der Waals surface area contributed by atoms with E-state index in [1.807, 2.05) is 12.1 Å². The van der Waals surface area contributed by atoms with Crippen molar-refractivity contribution in [2.24, 2.45) is 0 Å². The Labute approximate surface area is 171 Å². The highest BCUT2D eigenvalue weighted by atomic mass is 16.5. The number of anilines is 2. The molecular weight excluding hydrogens is 362 g/mol. The largest absolute Gasteiger partial charge is 0.378 e. The zero-order chi connectivity index (χ0) is 20.1. The van der Waals surface area contributed by atoms with Crippen molar-refractivity contribution >= 4 is 28.1 Å². The number of carbonyl (C=O) groups is 1. The molecule has 1 aliphatic heterocycles. The summed E-state index contributed by atoms with van der Waals surface area (Å²) in [6.07, 6.45) is 0. The summed E-state index contributed by atoms with van der Waals surface area (Å²) >= 11 is 0. The van der Waals surface area contributed by atoms with E-state index in [0.29, 0.717) is 6.54 Å². The number of morpholine rings is 1. The van der Waals surface area contributed by atoms with Crippen molar-refractivity contribution in [1.82, 2.24) is 0 Å².